The number of aryl methyl sites for hydroxylation is 1. The van der Waals surface area contributed by atoms with Crippen molar-refractivity contribution in [3.63, 3.8) is 0 Å². The number of hydrogen-bond donors (Lipinski definition) is 4. The van der Waals surface area contributed by atoms with Crippen molar-refractivity contribution in [2.45, 2.75) is 59.0 Å². The topological polar surface area (TPSA) is 191 Å². The number of aromatic nitrogens is 3. The summed E-state index contributed by atoms with van der Waals surface area (Å²) in [4.78, 5) is 76.3. The van der Waals surface area contributed by atoms with Crippen molar-refractivity contribution in [3.8, 4) is 0 Å². The number of amides is 3. The van der Waals surface area contributed by atoms with Crippen LogP contribution in [-0.2, 0) is 37.5 Å². The molecular formula is C27H38N6O8. The summed E-state index contributed by atoms with van der Waals surface area (Å²) < 4.78 is 7.27. The van der Waals surface area contributed by atoms with Crippen LogP contribution in [-0.4, -0.2) is 68.1 Å². The first kappa shape index (κ1) is 34.3. The van der Waals surface area contributed by atoms with Crippen molar-refractivity contribution < 1.29 is 33.8 Å². The predicted molar refractivity (Wildman–Crippen MR) is 150 cm³/mol. The first-order valence-corrected chi connectivity index (χ1v) is 13.1. The number of esters is 1. The lowest BCUT2D eigenvalue weighted by molar-refractivity contribution is -0.138. The highest BCUT2D eigenvalue weighted by Crippen LogP contribution is 2.07. The first-order valence-electron chi connectivity index (χ1n) is 13.1. The molecule has 0 saturated heterocycles. The Bertz CT molecular complexity index is 1260. The van der Waals surface area contributed by atoms with Gasteiger partial charge in [0, 0.05) is 19.3 Å². The van der Waals surface area contributed by atoms with Gasteiger partial charge >= 0.3 is 11.9 Å². The van der Waals surface area contributed by atoms with Crippen molar-refractivity contribution in [1.82, 2.24) is 24.8 Å². The highest BCUT2D eigenvalue weighted by atomic mass is 16.5. The average molecular weight is 575 g/mol. The van der Waals surface area contributed by atoms with Crippen LogP contribution in [0.15, 0.2) is 47.8 Å². The lowest BCUT2D eigenvalue weighted by Gasteiger charge is -2.18. The summed E-state index contributed by atoms with van der Waals surface area (Å²) in [5.41, 5.74) is -0.657. The third-order valence-corrected chi connectivity index (χ3v) is 5.36. The number of aliphatic carboxylic acids is 1. The molecule has 2 heterocycles. The molecule has 0 bridgehead atoms. The van der Waals surface area contributed by atoms with E-state index >= 15 is 0 Å². The van der Waals surface area contributed by atoms with E-state index in [0.29, 0.717) is 0 Å². The zero-order chi connectivity index (χ0) is 30.8. The molecule has 41 heavy (non-hydrogen) atoms. The zero-order valence-corrected chi connectivity index (χ0v) is 23.7. The van der Waals surface area contributed by atoms with Crippen molar-refractivity contribution in [1.29, 1.82) is 0 Å². The fourth-order valence-corrected chi connectivity index (χ4v) is 3.07. The smallest absolute Gasteiger partial charge is 0.330 e. The Kier molecular flexibility index (Phi) is 15.5. The molecule has 3 amide bonds. The second-order valence-electron chi connectivity index (χ2n) is 8.66. The number of carbonyl (C=O) groups excluding carboxylic acids is 4. The van der Waals surface area contributed by atoms with E-state index in [0.717, 1.165) is 4.57 Å². The fraction of sp³-hybridized carbons (Fsp3) is 0.444. The van der Waals surface area contributed by atoms with Crippen molar-refractivity contribution in [2.75, 3.05) is 18.5 Å². The number of unbranched alkanes of at least 4 members (excludes halogenated alkanes) is 1. The van der Waals surface area contributed by atoms with Gasteiger partial charge in [-0.15, -0.1) is 0 Å². The Hall–Kier alpha value is -4.75. The Morgan fingerprint density at radius 2 is 1.85 bits per heavy atom. The first-order chi connectivity index (χ1) is 19.5. The normalized spacial score (nSPS) is 11.1. The van der Waals surface area contributed by atoms with E-state index in [1.165, 1.54) is 60.4 Å². The van der Waals surface area contributed by atoms with Crippen LogP contribution < -0.4 is 21.5 Å². The molecule has 14 heteroatoms. The van der Waals surface area contributed by atoms with Crippen LogP contribution in [0.2, 0.25) is 0 Å². The largest absolute Gasteiger partial charge is 0.480 e. The van der Waals surface area contributed by atoms with Gasteiger partial charge < -0.3 is 34.9 Å². The number of allylic oxidation sites excluding steroid dienone is 1. The minimum atomic E-state index is -1.24. The third-order valence-electron chi connectivity index (χ3n) is 5.36. The molecule has 2 rings (SSSR count). The van der Waals surface area contributed by atoms with Crippen molar-refractivity contribution >= 4 is 35.3 Å². The fourth-order valence-electron chi connectivity index (χ4n) is 3.07. The summed E-state index contributed by atoms with van der Waals surface area (Å²) in [7, 11) is 1.61. The summed E-state index contributed by atoms with van der Waals surface area (Å²) in [5.74, 6) is -3.76. The summed E-state index contributed by atoms with van der Waals surface area (Å²) in [5, 5.41) is 15.8. The van der Waals surface area contributed by atoms with Gasteiger partial charge in [0.1, 0.15) is 30.5 Å². The molecule has 0 fully saturated rings. The van der Waals surface area contributed by atoms with Gasteiger partial charge in [0.05, 0.1) is 19.1 Å². The molecule has 4 N–H and O–H groups in total. The van der Waals surface area contributed by atoms with E-state index in [4.69, 9.17) is 9.84 Å². The molecule has 0 radical (unpaired) electrons. The van der Waals surface area contributed by atoms with Gasteiger partial charge in [0.25, 0.3) is 11.5 Å². The maximum Gasteiger partial charge on any atom is 0.330 e. The second kappa shape index (κ2) is 18.5. The number of anilines is 1. The van der Waals surface area contributed by atoms with Gasteiger partial charge in [0.2, 0.25) is 11.8 Å². The number of carboxylic acid groups (broad SMARTS) is 1. The lowest BCUT2D eigenvalue weighted by Crippen LogP contribution is -2.45. The zero-order valence-electron chi connectivity index (χ0n) is 23.7. The van der Waals surface area contributed by atoms with E-state index in [2.05, 4.69) is 34.8 Å². The molecule has 0 aliphatic carbocycles. The number of nitrogens with one attached hydrogen (secondary N) is 3. The molecule has 0 aromatic carbocycles. The average Bonchev–Trinajstić information content (AvgIpc) is 3.37. The molecule has 224 valence electrons. The van der Waals surface area contributed by atoms with E-state index in [-0.39, 0.29) is 30.8 Å². The molecule has 0 saturated carbocycles. The molecule has 0 unspecified atom stereocenters. The number of ether oxygens (including phenoxy) is 1. The molecule has 0 aliphatic heterocycles. The van der Waals surface area contributed by atoms with Gasteiger partial charge in [-0.2, -0.15) is 0 Å². The van der Waals surface area contributed by atoms with Crippen LogP contribution in [0, 0.1) is 0 Å². The lowest BCUT2D eigenvalue weighted by atomic mass is 10.1. The third kappa shape index (κ3) is 12.8. The van der Waals surface area contributed by atoms with Crippen molar-refractivity contribution in [3.05, 3.63) is 59.1 Å². The maximum absolute atomic E-state index is 13.0. The van der Waals surface area contributed by atoms with Gasteiger partial charge in [-0.1, -0.05) is 32.8 Å². The van der Waals surface area contributed by atoms with Crippen molar-refractivity contribution in [2.24, 2.45) is 7.05 Å². The minimum Gasteiger partial charge on any atom is -0.480 e. The van der Waals surface area contributed by atoms with Gasteiger partial charge in [-0.05, 0) is 31.9 Å². The van der Waals surface area contributed by atoms with Crippen LogP contribution in [0.25, 0.3) is 0 Å². The van der Waals surface area contributed by atoms with Crippen LogP contribution in [0.4, 0.5) is 5.69 Å². The Labute approximate surface area is 237 Å². The number of rotatable bonds is 14. The monoisotopic (exact) mass is 574 g/mol. The minimum absolute atomic E-state index is 0.0873. The summed E-state index contributed by atoms with van der Waals surface area (Å²) >= 11 is 0. The SMILES string of the molecule is CCCC.CCOC(=O)/C=C/CC[C@H](NC(=O)c1cncn1C)C(=O)Nc1cccn(CC(=O)NCC(=O)O)c1=O. The Morgan fingerprint density at radius 3 is 2.44 bits per heavy atom. The van der Waals surface area contributed by atoms with E-state index in [1.54, 1.807) is 14.0 Å². The highest BCUT2D eigenvalue weighted by Gasteiger charge is 2.23. The van der Waals surface area contributed by atoms with Crippen LogP contribution in [0.3, 0.4) is 0 Å². The molecule has 0 aliphatic rings. The van der Waals surface area contributed by atoms with Gasteiger partial charge in [0.15, 0.2) is 0 Å². The molecular weight excluding hydrogens is 536 g/mol. The van der Waals surface area contributed by atoms with Crippen LogP contribution >= 0.6 is 0 Å². The summed E-state index contributed by atoms with van der Waals surface area (Å²) in [6.45, 7) is 5.17. The number of imidazole rings is 1. The second-order valence-corrected chi connectivity index (χ2v) is 8.66. The Morgan fingerprint density at radius 1 is 1.15 bits per heavy atom. The standard InChI is InChI=1S/C23H28N6O8.C4H10/c1-3-37-20(33)9-5-4-7-15(26-22(35)17-11-24-14-28(17)2)21(34)27-16-8-6-10-29(23(16)36)13-18(30)25-12-19(31)32;1-3-4-2/h5-6,8-11,14-15H,3-4,7,12-13H2,1-2H3,(H,25,30)(H,26,35)(H,27,34)(H,31,32);3-4H2,1-2H3/b9-5+;/t15-;/m0./s1. The van der Waals surface area contributed by atoms with E-state index in [9.17, 15) is 28.8 Å². The quantitative estimate of drug-likeness (QED) is 0.190. The summed E-state index contributed by atoms with van der Waals surface area (Å²) in [6, 6.07) is 1.65. The maximum atomic E-state index is 13.0. The molecule has 0 spiro atoms. The van der Waals surface area contributed by atoms with Crippen LogP contribution in [0.5, 0.6) is 0 Å². The number of pyridine rings is 1. The molecule has 2 aromatic heterocycles. The number of carboxylic acids is 1. The number of hydrogen-bond acceptors (Lipinski definition) is 8. The highest BCUT2D eigenvalue weighted by molar-refractivity contribution is 6.00. The predicted octanol–water partition coefficient (Wildman–Crippen LogP) is 1.23. The van der Waals surface area contributed by atoms with Gasteiger partial charge in [-0.25, -0.2) is 9.78 Å². The molecule has 14 nitrogen and oxygen atoms in total. The van der Waals surface area contributed by atoms with Gasteiger partial charge in [-0.3, -0.25) is 24.0 Å². The molecule has 2 aromatic rings. The summed E-state index contributed by atoms with van der Waals surface area (Å²) in [6.07, 6.45) is 9.73. The molecule has 1 atom stereocenters. The van der Waals surface area contributed by atoms with E-state index in [1.807, 2.05) is 0 Å². The van der Waals surface area contributed by atoms with Crippen LogP contribution in [0.1, 0.15) is 56.9 Å². The number of nitrogens with zero attached hydrogens (tertiary/aromatic N) is 3. The van der Waals surface area contributed by atoms with E-state index < -0.39 is 54.4 Å². The number of carbonyl (C=O) groups is 5. The Balaban J connectivity index is 0.00000196.